The maximum absolute atomic E-state index is 5.96. The van der Waals surface area contributed by atoms with E-state index in [1.165, 1.54) is 0 Å². The monoisotopic (exact) mass is 280 g/mol. The van der Waals surface area contributed by atoms with Gasteiger partial charge >= 0.3 is 0 Å². The average molecular weight is 280 g/mol. The van der Waals surface area contributed by atoms with Gasteiger partial charge in [0, 0.05) is 29.9 Å². The first kappa shape index (κ1) is 13.3. The predicted molar refractivity (Wildman–Crippen MR) is 82.7 cm³/mol. The predicted octanol–water partition coefficient (Wildman–Crippen LogP) is 3.56. The topological polar surface area (TPSA) is 59.9 Å². The second-order valence-electron chi connectivity index (χ2n) is 4.65. The van der Waals surface area contributed by atoms with E-state index in [4.69, 9.17) is 4.74 Å². The van der Waals surface area contributed by atoms with E-state index in [0.717, 1.165) is 23.0 Å². The zero-order valence-corrected chi connectivity index (χ0v) is 12.0. The molecule has 3 rings (SSSR count). The number of para-hydroxylation sites is 1. The minimum atomic E-state index is 0.541. The fraction of sp³-hybridized carbons (Fsp3) is 0.188. The Kier molecular flexibility index (Phi) is 3.64. The van der Waals surface area contributed by atoms with Crippen LogP contribution in [0.3, 0.4) is 0 Å². The van der Waals surface area contributed by atoms with Crippen molar-refractivity contribution in [2.75, 3.05) is 11.9 Å². The van der Waals surface area contributed by atoms with Gasteiger partial charge < -0.3 is 10.1 Å². The summed E-state index contributed by atoms with van der Waals surface area (Å²) >= 11 is 0. The van der Waals surface area contributed by atoms with Crippen molar-refractivity contribution in [1.29, 1.82) is 0 Å². The molecule has 1 aromatic carbocycles. The highest BCUT2D eigenvalue weighted by atomic mass is 16.5. The van der Waals surface area contributed by atoms with E-state index >= 15 is 0 Å². The van der Waals surface area contributed by atoms with Crippen LogP contribution in [-0.4, -0.2) is 21.5 Å². The molecule has 0 saturated carbocycles. The van der Waals surface area contributed by atoms with Crippen LogP contribution in [0, 0.1) is 6.92 Å². The fourth-order valence-corrected chi connectivity index (χ4v) is 2.04. The first-order chi connectivity index (χ1) is 10.3. The minimum absolute atomic E-state index is 0.541. The Bertz CT molecular complexity index is 768. The van der Waals surface area contributed by atoms with Crippen LogP contribution in [0.4, 0.5) is 5.95 Å². The molecule has 3 aromatic rings. The maximum Gasteiger partial charge on any atom is 0.227 e. The number of anilines is 1. The molecule has 0 spiro atoms. The van der Waals surface area contributed by atoms with Crippen molar-refractivity contribution in [2.24, 2.45) is 0 Å². The van der Waals surface area contributed by atoms with Gasteiger partial charge in [-0.15, -0.1) is 0 Å². The van der Waals surface area contributed by atoms with E-state index < -0.39 is 0 Å². The second-order valence-corrected chi connectivity index (χ2v) is 4.65. The highest BCUT2D eigenvalue weighted by Gasteiger charge is 2.09. The van der Waals surface area contributed by atoms with E-state index in [9.17, 15) is 0 Å². The Balaban J connectivity index is 2.00. The van der Waals surface area contributed by atoms with Crippen LogP contribution in [0.1, 0.15) is 12.5 Å². The van der Waals surface area contributed by atoms with Crippen molar-refractivity contribution in [3.8, 4) is 11.6 Å². The molecule has 0 amide bonds. The summed E-state index contributed by atoms with van der Waals surface area (Å²) in [5.41, 5.74) is 1.70. The number of aryl methyl sites for hydroxylation is 1. The number of benzene rings is 1. The van der Waals surface area contributed by atoms with Gasteiger partial charge in [0.25, 0.3) is 0 Å². The lowest BCUT2D eigenvalue weighted by atomic mass is 10.2. The van der Waals surface area contributed by atoms with E-state index in [2.05, 4.69) is 20.3 Å². The van der Waals surface area contributed by atoms with Crippen LogP contribution in [0.25, 0.3) is 10.9 Å². The molecule has 106 valence electrons. The van der Waals surface area contributed by atoms with Gasteiger partial charge in [-0.3, -0.25) is 4.98 Å². The summed E-state index contributed by atoms with van der Waals surface area (Å²) < 4.78 is 5.96. The molecule has 0 atom stereocenters. The molecule has 0 unspecified atom stereocenters. The molecule has 5 heteroatoms. The zero-order valence-electron chi connectivity index (χ0n) is 12.0. The maximum atomic E-state index is 5.96. The molecule has 1 N–H and O–H groups in total. The van der Waals surface area contributed by atoms with Gasteiger partial charge in [0.2, 0.25) is 11.8 Å². The Morgan fingerprint density at radius 1 is 1.14 bits per heavy atom. The summed E-state index contributed by atoms with van der Waals surface area (Å²) in [6, 6.07) is 9.76. The van der Waals surface area contributed by atoms with Crippen LogP contribution in [0.15, 0.2) is 42.7 Å². The van der Waals surface area contributed by atoms with Crippen molar-refractivity contribution in [1.82, 2.24) is 15.0 Å². The van der Waals surface area contributed by atoms with Crippen molar-refractivity contribution in [3.63, 3.8) is 0 Å². The lowest BCUT2D eigenvalue weighted by Crippen LogP contribution is -2.03. The fourth-order valence-electron chi connectivity index (χ4n) is 2.04. The van der Waals surface area contributed by atoms with Gasteiger partial charge in [0.05, 0.1) is 0 Å². The molecule has 0 saturated heterocycles. The summed E-state index contributed by atoms with van der Waals surface area (Å²) in [4.78, 5) is 13.0. The number of rotatable bonds is 4. The molecule has 0 radical (unpaired) electrons. The Hall–Kier alpha value is -2.69. The van der Waals surface area contributed by atoms with Crippen molar-refractivity contribution in [3.05, 3.63) is 48.3 Å². The number of pyridine rings is 1. The standard InChI is InChI=1S/C16H16N4O/c1-3-17-16-19-10-11(2)15(20-16)21-13-8-4-6-12-7-5-9-18-14(12)13/h4-10H,3H2,1-2H3,(H,17,19,20). The summed E-state index contributed by atoms with van der Waals surface area (Å²) in [6.07, 6.45) is 3.50. The molecule has 21 heavy (non-hydrogen) atoms. The molecule has 5 nitrogen and oxygen atoms in total. The lowest BCUT2D eigenvalue weighted by molar-refractivity contribution is 0.462. The van der Waals surface area contributed by atoms with E-state index in [-0.39, 0.29) is 0 Å². The summed E-state index contributed by atoms with van der Waals surface area (Å²) in [5.74, 6) is 1.79. The number of nitrogens with one attached hydrogen (secondary N) is 1. The zero-order chi connectivity index (χ0) is 14.7. The molecule has 2 aromatic heterocycles. The number of aromatic nitrogens is 3. The lowest BCUT2D eigenvalue weighted by Gasteiger charge is -2.10. The highest BCUT2D eigenvalue weighted by Crippen LogP contribution is 2.29. The van der Waals surface area contributed by atoms with Crippen molar-refractivity contribution < 1.29 is 4.74 Å². The van der Waals surface area contributed by atoms with Crippen LogP contribution < -0.4 is 10.1 Å². The van der Waals surface area contributed by atoms with Crippen LogP contribution in [0.5, 0.6) is 11.6 Å². The summed E-state index contributed by atoms with van der Waals surface area (Å²) in [7, 11) is 0. The highest BCUT2D eigenvalue weighted by molar-refractivity contribution is 5.84. The molecular formula is C16H16N4O. The third kappa shape index (κ3) is 2.76. The van der Waals surface area contributed by atoms with Gasteiger partial charge in [-0.1, -0.05) is 18.2 Å². The Labute approximate surface area is 123 Å². The molecule has 0 aliphatic carbocycles. The third-order valence-electron chi connectivity index (χ3n) is 3.06. The average Bonchev–Trinajstić information content (AvgIpc) is 2.51. The molecule has 0 fully saturated rings. The van der Waals surface area contributed by atoms with Crippen LogP contribution in [-0.2, 0) is 0 Å². The van der Waals surface area contributed by atoms with E-state index in [1.54, 1.807) is 12.4 Å². The minimum Gasteiger partial charge on any atom is -0.436 e. The first-order valence-electron chi connectivity index (χ1n) is 6.87. The quantitative estimate of drug-likeness (QED) is 0.791. The van der Waals surface area contributed by atoms with Crippen LogP contribution in [0.2, 0.25) is 0 Å². The number of hydrogen-bond donors (Lipinski definition) is 1. The smallest absolute Gasteiger partial charge is 0.227 e. The second kappa shape index (κ2) is 5.75. The Morgan fingerprint density at radius 3 is 2.86 bits per heavy atom. The van der Waals surface area contributed by atoms with Gasteiger partial charge in [0.1, 0.15) is 5.52 Å². The van der Waals surface area contributed by atoms with Gasteiger partial charge in [0.15, 0.2) is 5.75 Å². The third-order valence-corrected chi connectivity index (χ3v) is 3.06. The summed E-state index contributed by atoms with van der Waals surface area (Å²) in [6.45, 7) is 4.68. The number of hydrogen-bond acceptors (Lipinski definition) is 5. The number of nitrogens with zero attached hydrogens (tertiary/aromatic N) is 3. The largest absolute Gasteiger partial charge is 0.436 e. The van der Waals surface area contributed by atoms with Crippen molar-refractivity contribution >= 4 is 16.9 Å². The molecule has 0 aliphatic rings. The Morgan fingerprint density at radius 2 is 2.00 bits per heavy atom. The number of fused-ring (bicyclic) bond motifs is 1. The molecular weight excluding hydrogens is 264 g/mol. The SMILES string of the molecule is CCNc1ncc(C)c(Oc2cccc3cccnc23)n1. The van der Waals surface area contributed by atoms with E-state index in [1.807, 2.05) is 44.2 Å². The summed E-state index contributed by atoms with van der Waals surface area (Å²) in [5, 5.41) is 4.12. The number of ether oxygens (including phenoxy) is 1. The van der Waals surface area contributed by atoms with Gasteiger partial charge in [-0.2, -0.15) is 4.98 Å². The molecule has 0 bridgehead atoms. The molecule has 2 heterocycles. The molecule has 0 aliphatic heterocycles. The first-order valence-corrected chi connectivity index (χ1v) is 6.87. The van der Waals surface area contributed by atoms with E-state index in [0.29, 0.717) is 17.6 Å². The van der Waals surface area contributed by atoms with Crippen LogP contribution >= 0.6 is 0 Å². The van der Waals surface area contributed by atoms with Gasteiger partial charge in [-0.05, 0) is 26.0 Å². The van der Waals surface area contributed by atoms with Gasteiger partial charge in [-0.25, -0.2) is 4.98 Å². The normalized spacial score (nSPS) is 10.6. The van der Waals surface area contributed by atoms with Crippen molar-refractivity contribution in [2.45, 2.75) is 13.8 Å².